The van der Waals surface area contributed by atoms with Crippen molar-refractivity contribution >= 4 is 5.95 Å². The third-order valence-corrected chi connectivity index (χ3v) is 4.10. The van der Waals surface area contributed by atoms with E-state index in [1.807, 2.05) is 13.1 Å². The lowest BCUT2D eigenvalue weighted by Crippen LogP contribution is -2.20. The number of hydrogen-bond acceptors (Lipinski definition) is 4. The van der Waals surface area contributed by atoms with Gasteiger partial charge in [-0.3, -0.25) is 5.10 Å². The van der Waals surface area contributed by atoms with Gasteiger partial charge in [-0.15, -0.1) is 0 Å². The first-order valence-corrected chi connectivity index (χ1v) is 7.81. The normalized spacial score (nSPS) is 17.0. The van der Waals surface area contributed by atoms with E-state index in [9.17, 15) is 0 Å². The summed E-state index contributed by atoms with van der Waals surface area (Å²) < 4.78 is 0. The predicted molar refractivity (Wildman–Crippen MR) is 83.4 cm³/mol. The maximum atomic E-state index is 4.69. The van der Waals surface area contributed by atoms with E-state index in [-0.39, 0.29) is 6.04 Å². The smallest absolute Gasteiger partial charge is 0.223 e. The van der Waals surface area contributed by atoms with Crippen molar-refractivity contribution < 1.29 is 0 Å². The summed E-state index contributed by atoms with van der Waals surface area (Å²) in [5.41, 5.74) is 3.35. The predicted octanol–water partition coefficient (Wildman–Crippen LogP) is 3.21. The molecule has 0 unspecified atom stereocenters. The highest BCUT2D eigenvalue weighted by atomic mass is 15.1. The molecule has 0 amide bonds. The average molecular weight is 285 g/mol. The highest BCUT2D eigenvalue weighted by Crippen LogP contribution is 2.33. The van der Waals surface area contributed by atoms with Crippen LogP contribution in [0.1, 0.15) is 55.6 Å². The Kier molecular flexibility index (Phi) is 4.18. The quantitative estimate of drug-likeness (QED) is 0.885. The fourth-order valence-electron chi connectivity index (χ4n) is 3.06. The summed E-state index contributed by atoms with van der Waals surface area (Å²) >= 11 is 0. The third kappa shape index (κ3) is 3.60. The fraction of sp³-hybridized carbons (Fsp3) is 0.562. The Morgan fingerprint density at radius 1 is 1.38 bits per heavy atom. The van der Waals surface area contributed by atoms with Crippen molar-refractivity contribution in [1.82, 2.24) is 20.2 Å². The van der Waals surface area contributed by atoms with Gasteiger partial charge in [0.25, 0.3) is 0 Å². The van der Waals surface area contributed by atoms with Gasteiger partial charge in [0.2, 0.25) is 5.95 Å². The van der Waals surface area contributed by atoms with Crippen molar-refractivity contribution in [2.24, 2.45) is 0 Å². The molecule has 0 aliphatic heterocycles. The summed E-state index contributed by atoms with van der Waals surface area (Å²) in [5.74, 6) is 1.36. The van der Waals surface area contributed by atoms with Gasteiger partial charge in [0.05, 0.1) is 5.69 Å². The van der Waals surface area contributed by atoms with E-state index in [0.717, 1.165) is 23.8 Å². The van der Waals surface area contributed by atoms with E-state index in [2.05, 4.69) is 39.6 Å². The summed E-state index contributed by atoms with van der Waals surface area (Å²) in [6, 6.07) is 4.39. The van der Waals surface area contributed by atoms with Crippen molar-refractivity contribution in [1.29, 1.82) is 0 Å². The van der Waals surface area contributed by atoms with Gasteiger partial charge in [0.15, 0.2) is 0 Å². The second-order valence-electron chi connectivity index (χ2n) is 6.08. The molecule has 112 valence electrons. The first-order chi connectivity index (χ1) is 10.2. The van der Waals surface area contributed by atoms with Crippen LogP contribution in [-0.4, -0.2) is 26.2 Å². The van der Waals surface area contributed by atoms with E-state index >= 15 is 0 Å². The van der Waals surface area contributed by atoms with Gasteiger partial charge in [-0.2, -0.15) is 5.10 Å². The van der Waals surface area contributed by atoms with Crippen molar-refractivity contribution in [2.75, 3.05) is 5.32 Å². The van der Waals surface area contributed by atoms with E-state index in [1.165, 1.54) is 31.4 Å². The molecular weight excluding hydrogens is 262 g/mol. The highest BCUT2D eigenvalue weighted by Gasteiger charge is 2.19. The molecule has 2 aromatic rings. The van der Waals surface area contributed by atoms with E-state index < -0.39 is 0 Å². The summed E-state index contributed by atoms with van der Waals surface area (Å²) in [4.78, 5) is 9.04. The molecule has 0 aromatic carbocycles. The molecule has 2 aromatic heterocycles. The van der Waals surface area contributed by atoms with Gasteiger partial charge in [-0.05, 0) is 38.8 Å². The van der Waals surface area contributed by atoms with Crippen LogP contribution in [0.3, 0.4) is 0 Å². The highest BCUT2D eigenvalue weighted by molar-refractivity contribution is 5.28. The summed E-state index contributed by atoms with van der Waals surface area (Å²) in [5, 5.41) is 10.6. The lowest BCUT2D eigenvalue weighted by molar-refractivity contribution is 0.689. The Labute approximate surface area is 125 Å². The number of nitrogens with zero attached hydrogens (tertiary/aromatic N) is 3. The van der Waals surface area contributed by atoms with Crippen LogP contribution >= 0.6 is 0 Å². The van der Waals surface area contributed by atoms with Gasteiger partial charge >= 0.3 is 0 Å². The van der Waals surface area contributed by atoms with Crippen LogP contribution < -0.4 is 5.32 Å². The van der Waals surface area contributed by atoms with Gasteiger partial charge < -0.3 is 5.32 Å². The summed E-state index contributed by atoms with van der Waals surface area (Å²) in [7, 11) is 0. The topological polar surface area (TPSA) is 66.5 Å². The Bertz CT molecular complexity index is 586. The van der Waals surface area contributed by atoms with Crippen LogP contribution in [-0.2, 0) is 6.42 Å². The Morgan fingerprint density at radius 3 is 2.90 bits per heavy atom. The third-order valence-electron chi connectivity index (χ3n) is 4.10. The van der Waals surface area contributed by atoms with Crippen LogP contribution in [0.5, 0.6) is 0 Å². The van der Waals surface area contributed by atoms with E-state index in [4.69, 9.17) is 4.98 Å². The van der Waals surface area contributed by atoms with Crippen molar-refractivity contribution in [3.05, 3.63) is 35.4 Å². The van der Waals surface area contributed by atoms with Crippen molar-refractivity contribution in [3.63, 3.8) is 0 Å². The maximum Gasteiger partial charge on any atom is 0.223 e. The molecule has 2 N–H and O–H groups in total. The van der Waals surface area contributed by atoms with Gasteiger partial charge in [-0.25, -0.2) is 9.97 Å². The lowest BCUT2D eigenvalue weighted by Gasteiger charge is -2.14. The zero-order valence-corrected chi connectivity index (χ0v) is 12.8. The first kappa shape index (κ1) is 14.0. The number of aryl methyl sites for hydroxylation is 1. The van der Waals surface area contributed by atoms with Gasteiger partial charge in [0.1, 0.15) is 0 Å². The zero-order chi connectivity index (χ0) is 14.7. The molecule has 5 nitrogen and oxygen atoms in total. The van der Waals surface area contributed by atoms with Crippen molar-refractivity contribution in [3.8, 4) is 0 Å². The summed E-state index contributed by atoms with van der Waals surface area (Å²) in [6.07, 6.45) is 7.91. The van der Waals surface area contributed by atoms with E-state index in [1.54, 1.807) is 0 Å². The molecular formula is C16H23N5. The number of hydrogen-bond donors (Lipinski definition) is 2. The number of aromatic amines is 1. The molecule has 1 aliphatic rings. The molecule has 0 radical (unpaired) electrons. The van der Waals surface area contributed by atoms with Gasteiger partial charge in [0, 0.05) is 36.0 Å². The lowest BCUT2D eigenvalue weighted by atomic mass is 10.0. The van der Waals surface area contributed by atoms with Gasteiger partial charge in [-0.1, -0.05) is 12.8 Å². The standard InChI is InChI=1S/C16H23N5/c1-11(9-14-10-12(2)20-21-14)18-16-17-8-7-15(19-16)13-5-3-4-6-13/h7-8,10-11,13H,3-6,9H2,1-2H3,(H,20,21)(H,17,18,19)/t11-/m0/s1. The minimum Gasteiger partial charge on any atom is -0.351 e. The second-order valence-corrected chi connectivity index (χ2v) is 6.08. The van der Waals surface area contributed by atoms with Crippen LogP contribution in [0.2, 0.25) is 0 Å². The molecule has 0 bridgehead atoms. The van der Waals surface area contributed by atoms with Crippen molar-refractivity contribution in [2.45, 2.75) is 57.9 Å². The number of aromatic nitrogens is 4. The number of H-pyrrole nitrogens is 1. The largest absolute Gasteiger partial charge is 0.351 e. The molecule has 1 fully saturated rings. The van der Waals surface area contributed by atoms with Crippen LogP contribution in [0.4, 0.5) is 5.95 Å². The molecule has 5 heteroatoms. The Morgan fingerprint density at radius 2 is 2.19 bits per heavy atom. The molecule has 1 aliphatic carbocycles. The number of anilines is 1. The van der Waals surface area contributed by atoms with Crippen LogP contribution in [0.25, 0.3) is 0 Å². The van der Waals surface area contributed by atoms with E-state index in [0.29, 0.717) is 5.92 Å². The average Bonchev–Trinajstić information content (AvgIpc) is 3.11. The van der Waals surface area contributed by atoms with Crippen LogP contribution in [0.15, 0.2) is 18.3 Å². The minimum absolute atomic E-state index is 0.256. The molecule has 2 heterocycles. The molecule has 0 saturated heterocycles. The SMILES string of the molecule is Cc1cc(C[C@H](C)Nc2nccc(C3CCCC3)n2)n[nH]1. The molecule has 1 atom stereocenters. The maximum absolute atomic E-state index is 4.69. The minimum atomic E-state index is 0.256. The number of rotatable bonds is 5. The monoisotopic (exact) mass is 285 g/mol. The molecule has 1 saturated carbocycles. The zero-order valence-electron chi connectivity index (χ0n) is 12.8. The molecule has 3 rings (SSSR count). The first-order valence-electron chi connectivity index (χ1n) is 7.81. The summed E-state index contributed by atoms with van der Waals surface area (Å²) in [6.45, 7) is 4.15. The Hall–Kier alpha value is -1.91. The Balaban J connectivity index is 1.62. The molecule has 21 heavy (non-hydrogen) atoms. The van der Waals surface area contributed by atoms with Crippen LogP contribution in [0, 0.1) is 6.92 Å². The molecule has 0 spiro atoms. The number of nitrogens with one attached hydrogen (secondary N) is 2. The fourth-order valence-corrected chi connectivity index (χ4v) is 3.06. The second kappa shape index (κ2) is 6.24.